The predicted octanol–water partition coefficient (Wildman–Crippen LogP) is 1.13. The van der Waals surface area contributed by atoms with Crippen LogP contribution in [0.25, 0.3) is 10.9 Å². The van der Waals surface area contributed by atoms with Gasteiger partial charge in [-0.15, -0.1) is 0 Å². The van der Waals surface area contributed by atoms with Crippen LogP contribution in [-0.4, -0.2) is 16.3 Å². The second-order valence-electron chi connectivity index (χ2n) is 4.00. The third-order valence-corrected chi connectivity index (χ3v) is 2.75. The Bertz CT molecular complexity index is 685. The fourth-order valence-corrected chi connectivity index (χ4v) is 1.85. The fourth-order valence-electron chi connectivity index (χ4n) is 1.85. The molecule has 0 radical (unpaired) electrons. The zero-order valence-electron chi connectivity index (χ0n) is 9.62. The first-order valence-corrected chi connectivity index (χ1v) is 5.14. The molecule has 2 rings (SSSR count). The van der Waals surface area contributed by atoms with E-state index in [1.807, 2.05) is 0 Å². The molecule has 100 valence electrons. The molecule has 0 atom stereocenters. The summed E-state index contributed by atoms with van der Waals surface area (Å²) in [4.78, 5) is 21.9. The van der Waals surface area contributed by atoms with E-state index in [4.69, 9.17) is 0 Å². The Morgan fingerprint density at radius 3 is 2.42 bits per heavy atom. The van der Waals surface area contributed by atoms with Crippen molar-refractivity contribution in [2.24, 2.45) is 7.05 Å². The van der Waals surface area contributed by atoms with Gasteiger partial charge in [0, 0.05) is 29.7 Å². The van der Waals surface area contributed by atoms with Gasteiger partial charge < -0.3 is 14.5 Å². The van der Waals surface area contributed by atoms with E-state index >= 15 is 0 Å². The van der Waals surface area contributed by atoms with E-state index in [2.05, 4.69) is 0 Å². The number of hydrogen-bond donors (Lipinski definition) is 0. The van der Waals surface area contributed by atoms with Crippen molar-refractivity contribution < 1.29 is 27.9 Å². The van der Waals surface area contributed by atoms with Crippen LogP contribution in [-0.2, 0) is 18.0 Å². The summed E-state index contributed by atoms with van der Waals surface area (Å²) in [5.41, 5.74) is -0.931. The maximum atomic E-state index is 12.6. The molecule has 0 bridgehead atoms. The number of alkyl halides is 3. The zero-order chi connectivity index (χ0) is 14.4. The van der Waals surface area contributed by atoms with Gasteiger partial charge in [-0.3, -0.25) is 4.79 Å². The lowest BCUT2D eigenvalue weighted by molar-refractivity contribution is -0.296. The number of carbonyl (C=O) groups excluding carboxylic acids is 2. The number of carboxylic acid groups (broad SMARTS) is 1. The summed E-state index contributed by atoms with van der Waals surface area (Å²) < 4.78 is 38.9. The van der Waals surface area contributed by atoms with Crippen LogP contribution in [0.1, 0.15) is 15.9 Å². The van der Waals surface area contributed by atoms with Crippen LogP contribution in [0.2, 0.25) is 0 Å². The minimum Gasteiger partial charge on any atom is -0.541 e. The van der Waals surface area contributed by atoms with Gasteiger partial charge in [0.15, 0.2) is 0 Å². The third-order valence-electron chi connectivity index (χ3n) is 2.75. The molecule has 7 heteroatoms. The molecule has 0 aliphatic heterocycles. The minimum atomic E-state index is -4.50. The van der Waals surface area contributed by atoms with Crippen molar-refractivity contribution in [1.82, 2.24) is 4.57 Å². The number of rotatable bonds is 2. The van der Waals surface area contributed by atoms with Crippen molar-refractivity contribution in [1.29, 1.82) is 0 Å². The normalized spacial score (nSPS) is 11.8. The molecule has 0 unspecified atom stereocenters. The van der Waals surface area contributed by atoms with Crippen molar-refractivity contribution in [3.8, 4) is 0 Å². The molecule has 0 aliphatic rings. The molecule has 0 fully saturated rings. The number of carbonyl (C=O) groups is 2. The van der Waals surface area contributed by atoms with Crippen LogP contribution in [0.15, 0.2) is 24.4 Å². The fraction of sp³-hybridized carbons (Fsp3) is 0.167. The summed E-state index contributed by atoms with van der Waals surface area (Å²) in [5.74, 6) is -3.15. The number of Topliss-reactive ketones (excluding diaryl/α,β-unsaturated/α-hetero) is 1. The Morgan fingerprint density at radius 2 is 1.89 bits per heavy atom. The average Bonchev–Trinajstić information content (AvgIpc) is 2.64. The molecule has 0 saturated heterocycles. The van der Waals surface area contributed by atoms with Gasteiger partial charge >= 0.3 is 6.18 Å². The predicted molar refractivity (Wildman–Crippen MR) is 57.3 cm³/mol. The number of ketones is 1. The Hall–Kier alpha value is -2.31. The minimum absolute atomic E-state index is 0.124. The first kappa shape index (κ1) is 13.1. The van der Waals surface area contributed by atoms with E-state index in [1.165, 1.54) is 17.8 Å². The summed E-state index contributed by atoms with van der Waals surface area (Å²) in [6, 6.07) is 2.74. The lowest BCUT2D eigenvalue weighted by atomic mass is 10.1. The number of hydrogen-bond acceptors (Lipinski definition) is 3. The average molecular weight is 270 g/mol. The molecular weight excluding hydrogens is 263 g/mol. The zero-order valence-corrected chi connectivity index (χ0v) is 9.62. The summed E-state index contributed by atoms with van der Waals surface area (Å²) in [6.45, 7) is 0. The van der Waals surface area contributed by atoms with Crippen LogP contribution in [0, 0.1) is 0 Å². The molecule has 19 heavy (non-hydrogen) atoms. The van der Waals surface area contributed by atoms with E-state index in [-0.39, 0.29) is 16.5 Å². The highest BCUT2D eigenvalue weighted by Crippen LogP contribution is 2.32. The van der Waals surface area contributed by atoms with Gasteiger partial charge in [0.25, 0.3) is 0 Å². The summed E-state index contributed by atoms with van der Waals surface area (Å²) in [6.07, 6.45) is -3.33. The Morgan fingerprint density at radius 1 is 1.26 bits per heavy atom. The van der Waals surface area contributed by atoms with Crippen LogP contribution >= 0.6 is 0 Å². The Labute approximate surface area is 105 Å². The number of carboxylic acids is 1. The second-order valence-corrected chi connectivity index (χ2v) is 4.00. The van der Waals surface area contributed by atoms with Crippen molar-refractivity contribution in [2.75, 3.05) is 0 Å². The number of aryl methyl sites for hydroxylation is 1. The van der Waals surface area contributed by atoms with Crippen molar-refractivity contribution >= 4 is 22.7 Å². The molecule has 0 N–H and O–H groups in total. The lowest BCUT2D eigenvalue weighted by Gasteiger charge is -2.07. The van der Waals surface area contributed by atoms with Gasteiger partial charge in [0.1, 0.15) is 5.97 Å². The maximum absolute atomic E-state index is 12.6. The summed E-state index contributed by atoms with van der Waals surface area (Å²) in [5, 5.41) is 10.7. The van der Waals surface area contributed by atoms with Crippen LogP contribution in [0.4, 0.5) is 13.2 Å². The van der Waals surface area contributed by atoms with Crippen molar-refractivity contribution in [2.45, 2.75) is 6.18 Å². The van der Waals surface area contributed by atoms with Crippen molar-refractivity contribution in [3.05, 3.63) is 35.5 Å². The Kier molecular flexibility index (Phi) is 2.84. The maximum Gasteiger partial charge on any atom is 0.416 e. The van der Waals surface area contributed by atoms with Gasteiger partial charge in [-0.05, 0) is 12.1 Å². The standard InChI is InChI=1S/C12H8F3NO3/c1-16-5-8(10(17)11(18)19)7-3-2-6(4-9(7)16)12(13,14)15/h2-5H,1H3,(H,18,19)/p-1. The lowest BCUT2D eigenvalue weighted by Crippen LogP contribution is -2.31. The first-order valence-electron chi connectivity index (χ1n) is 5.14. The smallest absolute Gasteiger partial charge is 0.416 e. The summed E-state index contributed by atoms with van der Waals surface area (Å²) >= 11 is 0. The number of aliphatic carboxylic acids is 1. The highest BCUT2D eigenvalue weighted by molar-refractivity contribution is 6.41. The second kappa shape index (κ2) is 4.11. The molecule has 0 saturated carbocycles. The van der Waals surface area contributed by atoms with Gasteiger partial charge in [0.2, 0.25) is 5.78 Å². The van der Waals surface area contributed by atoms with Crippen LogP contribution < -0.4 is 5.11 Å². The monoisotopic (exact) mass is 270 g/mol. The first-order chi connectivity index (χ1) is 8.71. The van der Waals surface area contributed by atoms with Gasteiger partial charge in [-0.25, -0.2) is 0 Å². The number of fused-ring (bicyclic) bond motifs is 1. The SMILES string of the molecule is Cn1cc(C(=O)C(=O)[O-])c2ccc(C(F)(F)F)cc21. The third kappa shape index (κ3) is 2.18. The number of nitrogens with zero attached hydrogens (tertiary/aromatic N) is 1. The number of halogens is 3. The highest BCUT2D eigenvalue weighted by atomic mass is 19.4. The Balaban J connectivity index is 2.68. The van der Waals surface area contributed by atoms with Crippen LogP contribution in [0.3, 0.4) is 0 Å². The highest BCUT2D eigenvalue weighted by Gasteiger charge is 2.31. The van der Waals surface area contributed by atoms with Gasteiger partial charge in [-0.1, -0.05) is 6.07 Å². The molecule has 2 aromatic rings. The molecule has 4 nitrogen and oxygen atoms in total. The molecule has 0 amide bonds. The quantitative estimate of drug-likeness (QED) is 0.607. The van der Waals surface area contributed by atoms with E-state index in [9.17, 15) is 27.9 Å². The van der Waals surface area contributed by atoms with Gasteiger partial charge in [-0.2, -0.15) is 13.2 Å². The van der Waals surface area contributed by atoms with Gasteiger partial charge in [0.05, 0.1) is 5.56 Å². The molecular formula is C12H7F3NO3-. The van der Waals surface area contributed by atoms with E-state index in [0.29, 0.717) is 0 Å². The molecule has 1 heterocycles. The van der Waals surface area contributed by atoms with E-state index < -0.39 is 23.5 Å². The van der Waals surface area contributed by atoms with E-state index in [1.54, 1.807) is 0 Å². The molecule has 1 aromatic carbocycles. The van der Waals surface area contributed by atoms with Crippen molar-refractivity contribution in [3.63, 3.8) is 0 Å². The largest absolute Gasteiger partial charge is 0.541 e. The van der Waals surface area contributed by atoms with Crippen LogP contribution in [0.5, 0.6) is 0 Å². The molecule has 0 aliphatic carbocycles. The molecule has 1 aromatic heterocycles. The van der Waals surface area contributed by atoms with E-state index in [0.717, 1.165) is 18.2 Å². The molecule has 0 spiro atoms. The number of benzene rings is 1. The topological polar surface area (TPSA) is 62.1 Å². The number of aromatic nitrogens is 1. The summed E-state index contributed by atoms with van der Waals surface area (Å²) in [7, 11) is 1.43.